The number of nitro benzene ring substituents is 1. The number of hydrogen-bond acceptors (Lipinski definition) is 5. The number of carbonyl (C=O) groups excluding carboxylic acids is 2. The molecular formula is C12H17N4O5+. The number of nitro groups is 1. The lowest BCUT2D eigenvalue weighted by Gasteiger charge is -2.15. The predicted octanol–water partition coefficient (Wildman–Crippen LogP) is -3.15. The highest BCUT2D eigenvalue weighted by Gasteiger charge is 2.18. The van der Waals surface area contributed by atoms with Crippen LogP contribution in [0.5, 0.6) is 0 Å². The van der Waals surface area contributed by atoms with E-state index in [0.717, 1.165) is 0 Å². The quantitative estimate of drug-likeness (QED) is 0.341. The van der Waals surface area contributed by atoms with Crippen molar-refractivity contribution in [2.45, 2.75) is 12.5 Å². The average Bonchev–Trinajstić information content (AvgIpc) is 2.43. The lowest BCUT2D eigenvalue weighted by Crippen LogP contribution is -2.95. The van der Waals surface area contributed by atoms with E-state index in [2.05, 4.69) is 11.1 Å². The Labute approximate surface area is 120 Å². The number of carboxylic acid groups (broad SMARTS) is 1. The minimum absolute atomic E-state index is 0.159. The molecule has 9 nitrogen and oxygen atoms in total. The molecule has 0 fully saturated rings. The van der Waals surface area contributed by atoms with Gasteiger partial charge in [-0.05, 0) is 6.07 Å². The molecule has 0 unspecified atom stereocenters. The van der Waals surface area contributed by atoms with Crippen molar-refractivity contribution in [2.24, 2.45) is 0 Å². The normalized spacial score (nSPS) is 11.7. The van der Waals surface area contributed by atoms with E-state index in [9.17, 15) is 24.8 Å². The third-order valence-corrected chi connectivity index (χ3v) is 2.70. The summed E-state index contributed by atoms with van der Waals surface area (Å²) in [5.74, 6) is -1.89. The molecule has 1 rings (SSSR count). The Kier molecular flexibility index (Phi) is 6.24. The maximum absolute atomic E-state index is 11.8. The number of carbonyl (C=O) groups is 2. The molecule has 114 valence electrons. The number of nitrogens with zero attached hydrogens (tertiary/aromatic N) is 1. The SMILES string of the molecule is [NH3+]CC[NH2+][C@H](CC(=O)Nc1cccc([N+](=O)[O-])c1)C(=O)[O-]. The Hall–Kier alpha value is -2.52. The maximum Gasteiger partial charge on any atom is 0.271 e. The average molecular weight is 297 g/mol. The van der Waals surface area contributed by atoms with Crippen LogP contribution in [0.4, 0.5) is 11.4 Å². The Bertz CT molecular complexity index is 534. The zero-order chi connectivity index (χ0) is 15.8. The van der Waals surface area contributed by atoms with Gasteiger partial charge in [-0.15, -0.1) is 0 Å². The summed E-state index contributed by atoms with van der Waals surface area (Å²) in [5, 5.41) is 25.4. The summed E-state index contributed by atoms with van der Waals surface area (Å²) in [5.41, 5.74) is 3.66. The fraction of sp³-hybridized carbons (Fsp3) is 0.333. The fourth-order valence-electron chi connectivity index (χ4n) is 1.69. The number of aliphatic carboxylic acids is 1. The predicted molar refractivity (Wildman–Crippen MR) is 69.7 cm³/mol. The standard InChI is InChI=1S/C12H16N4O5/c13-4-5-14-10(12(18)19)7-11(17)15-8-2-1-3-9(6-8)16(20)21/h1-3,6,10,14H,4-5,7,13H2,(H,15,17)(H,18,19)/p+1/t10-/m1/s1. The third-order valence-electron chi connectivity index (χ3n) is 2.70. The number of non-ortho nitro benzene ring substituents is 1. The van der Waals surface area contributed by atoms with E-state index < -0.39 is 22.8 Å². The number of quaternary nitrogens is 2. The number of anilines is 1. The fourth-order valence-corrected chi connectivity index (χ4v) is 1.69. The summed E-state index contributed by atoms with van der Waals surface area (Å²) in [6.07, 6.45) is -0.287. The molecule has 1 atom stereocenters. The largest absolute Gasteiger partial charge is 0.544 e. The molecule has 1 aromatic carbocycles. The molecule has 0 aliphatic heterocycles. The van der Waals surface area contributed by atoms with E-state index in [-0.39, 0.29) is 17.8 Å². The van der Waals surface area contributed by atoms with Crippen LogP contribution in [0.2, 0.25) is 0 Å². The minimum Gasteiger partial charge on any atom is -0.544 e. The van der Waals surface area contributed by atoms with Crippen molar-refractivity contribution in [1.29, 1.82) is 0 Å². The second kappa shape index (κ2) is 7.92. The number of rotatable bonds is 8. The maximum atomic E-state index is 11.8. The van der Waals surface area contributed by atoms with Gasteiger partial charge in [0, 0.05) is 17.8 Å². The molecule has 1 aromatic rings. The van der Waals surface area contributed by atoms with E-state index >= 15 is 0 Å². The second-order valence-electron chi connectivity index (χ2n) is 4.36. The van der Waals surface area contributed by atoms with Gasteiger partial charge in [0.15, 0.2) is 0 Å². The van der Waals surface area contributed by atoms with Gasteiger partial charge in [-0.25, -0.2) is 0 Å². The molecule has 9 heteroatoms. The highest BCUT2D eigenvalue weighted by Crippen LogP contribution is 2.17. The molecule has 21 heavy (non-hydrogen) atoms. The minimum atomic E-state index is -1.34. The summed E-state index contributed by atoms with van der Waals surface area (Å²) >= 11 is 0. The molecule has 0 aliphatic carbocycles. The highest BCUT2D eigenvalue weighted by atomic mass is 16.6. The van der Waals surface area contributed by atoms with E-state index in [0.29, 0.717) is 13.1 Å². The Morgan fingerprint density at radius 3 is 2.71 bits per heavy atom. The molecule has 0 saturated heterocycles. The Morgan fingerprint density at radius 1 is 1.43 bits per heavy atom. The molecule has 0 aliphatic rings. The van der Waals surface area contributed by atoms with Gasteiger partial charge < -0.3 is 26.3 Å². The molecular weight excluding hydrogens is 280 g/mol. The molecule has 0 radical (unpaired) electrons. The summed E-state index contributed by atoms with van der Waals surface area (Å²) in [7, 11) is 0. The van der Waals surface area contributed by atoms with E-state index in [1.165, 1.54) is 29.6 Å². The van der Waals surface area contributed by atoms with Crippen molar-refractivity contribution >= 4 is 23.3 Å². The van der Waals surface area contributed by atoms with Gasteiger partial charge in [-0.2, -0.15) is 0 Å². The van der Waals surface area contributed by atoms with Crippen LogP contribution in [0.15, 0.2) is 24.3 Å². The van der Waals surface area contributed by atoms with Crippen LogP contribution < -0.4 is 21.5 Å². The first-order chi connectivity index (χ1) is 9.93. The van der Waals surface area contributed by atoms with Gasteiger partial charge in [0.2, 0.25) is 5.91 Å². The first-order valence-electron chi connectivity index (χ1n) is 6.31. The first-order valence-corrected chi connectivity index (χ1v) is 6.31. The van der Waals surface area contributed by atoms with Crippen LogP contribution in [0.25, 0.3) is 0 Å². The van der Waals surface area contributed by atoms with E-state index in [1.807, 2.05) is 0 Å². The van der Waals surface area contributed by atoms with Crippen molar-refractivity contribution in [3.05, 3.63) is 34.4 Å². The highest BCUT2D eigenvalue weighted by molar-refractivity contribution is 5.93. The van der Waals surface area contributed by atoms with Crippen molar-refractivity contribution in [1.82, 2.24) is 0 Å². The van der Waals surface area contributed by atoms with Gasteiger partial charge in [0.1, 0.15) is 19.1 Å². The molecule has 0 heterocycles. The number of carboxylic acids is 1. The molecule has 0 spiro atoms. The third kappa shape index (κ3) is 5.55. The van der Waals surface area contributed by atoms with E-state index in [4.69, 9.17) is 0 Å². The number of amides is 1. The number of hydrogen-bond donors (Lipinski definition) is 3. The van der Waals surface area contributed by atoms with Crippen LogP contribution in [0.1, 0.15) is 6.42 Å². The molecule has 0 aromatic heterocycles. The van der Waals surface area contributed by atoms with Gasteiger partial charge in [-0.3, -0.25) is 14.9 Å². The second-order valence-corrected chi connectivity index (χ2v) is 4.36. The summed E-state index contributed by atoms with van der Waals surface area (Å²) in [6, 6.07) is 4.40. The summed E-state index contributed by atoms with van der Waals surface area (Å²) < 4.78 is 0. The van der Waals surface area contributed by atoms with Gasteiger partial charge >= 0.3 is 0 Å². The summed E-state index contributed by atoms with van der Waals surface area (Å²) in [6.45, 7) is 0.985. The summed E-state index contributed by atoms with van der Waals surface area (Å²) in [4.78, 5) is 32.7. The van der Waals surface area contributed by atoms with Crippen LogP contribution in [-0.2, 0) is 9.59 Å². The lowest BCUT2D eigenvalue weighted by molar-refractivity contribution is -0.695. The Morgan fingerprint density at radius 2 is 2.14 bits per heavy atom. The zero-order valence-electron chi connectivity index (χ0n) is 11.3. The topological polar surface area (TPSA) is 157 Å². The van der Waals surface area contributed by atoms with Crippen LogP contribution in [-0.4, -0.2) is 35.9 Å². The number of nitrogens with two attached hydrogens (primary N) is 1. The van der Waals surface area contributed by atoms with Crippen LogP contribution in [0, 0.1) is 10.1 Å². The monoisotopic (exact) mass is 297 g/mol. The number of nitrogens with one attached hydrogen (secondary N) is 1. The lowest BCUT2D eigenvalue weighted by atomic mass is 10.2. The van der Waals surface area contributed by atoms with Crippen molar-refractivity contribution in [2.75, 3.05) is 18.4 Å². The molecule has 0 bridgehead atoms. The van der Waals surface area contributed by atoms with Gasteiger partial charge in [-0.1, -0.05) is 6.07 Å². The van der Waals surface area contributed by atoms with Gasteiger partial charge in [0.25, 0.3) is 5.69 Å². The van der Waals surface area contributed by atoms with E-state index in [1.54, 1.807) is 0 Å². The molecule has 6 N–H and O–H groups in total. The Balaban J connectivity index is 2.65. The zero-order valence-corrected chi connectivity index (χ0v) is 11.3. The van der Waals surface area contributed by atoms with Gasteiger partial charge in [0.05, 0.1) is 17.3 Å². The van der Waals surface area contributed by atoms with Crippen LogP contribution >= 0.6 is 0 Å². The van der Waals surface area contributed by atoms with Crippen molar-refractivity contribution < 1.29 is 30.7 Å². The number of benzene rings is 1. The molecule has 1 amide bonds. The van der Waals surface area contributed by atoms with Crippen molar-refractivity contribution in [3.8, 4) is 0 Å². The first kappa shape index (κ1) is 16.5. The molecule has 0 saturated carbocycles. The van der Waals surface area contributed by atoms with Crippen LogP contribution in [0.3, 0.4) is 0 Å². The smallest absolute Gasteiger partial charge is 0.271 e. The van der Waals surface area contributed by atoms with Crippen molar-refractivity contribution in [3.63, 3.8) is 0 Å².